The van der Waals surface area contributed by atoms with Crippen molar-refractivity contribution in [2.75, 3.05) is 20.3 Å². The Balaban J connectivity index is 1.72. The number of carbonyl (C=O) groups excluding carboxylic acids is 2. The van der Waals surface area contributed by atoms with Crippen molar-refractivity contribution in [2.45, 2.75) is 18.9 Å². The molecule has 1 aliphatic rings. The largest absolute Gasteiger partial charge is 0.465 e. The average Bonchev–Trinajstić information content (AvgIpc) is 3.31. The molecule has 1 atom stereocenters. The van der Waals surface area contributed by atoms with E-state index in [0.29, 0.717) is 40.4 Å². The first-order valence-electron chi connectivity index (χ1n) is 9.90. The zero-order valence-corrected chi connectivity index (χ0v) is 17.6. The van der Waals surface area contributed by atoms with Crippen LogP contribution in [0.2, 0.25) is 5.02 Å². The monoisotopic (exact) mass is 440 g/mol. The number of fused-ring (bicyclic) bond motifs is 1. The van der Waals surface area contributed by atoms with E-state index in [1.54, 1.807) is 48.5 Å². The predicted molar refractivity (Wildman–Crippen MR) is 116 cm³/mol. The zero-order chi connectivity index (χ0) is 21.8. The molecule has 4 rings (SSSR count). The summed E-state index contributed by atoms with van der Waals surface area (Å²) in [7, 11) is 1.32. The lowest BCUT2D eigenvalue weighted by molar-refractivity contribution is 0.0600. The highest BCUT2D eigenvalue weighted by Crippen LogP contribution is 2.20. The molecule has 7 nitrogen and oxygen atoms in total. The molecule has 2 heterocycles. The van der Waals surface area contributed by atoms with Gasteiger partial charge in [0.05, 0.1) is 24.5 Å². The van der Waals surface area contributed by atoms with Gasteiger partial charge in [-0.05, 0) is 61.4 Å². The lowest BCUT2D eigenvalue weighted by atomic mass is 10.1. The topological polar surface area (TPSA) is 90.1 Å². The number of amides is 1. The number of esters is 1. The third-order valence-electron chi connectivity index (χ3n) is 4.99. The van der Waals surface area contributed by atoms with E-state index in [1.807, 2.05) is 0 Å². The number of ether oxygens (including phenoxy) is 2. The Bertz CT molecular complexity index is 1180. The summed E-state index contributed by atoms with van der Waals surface area (Å²) in [5, 5.41) is 4.13. The second-order valence-electron chi connectivity index (χ2n) is 7.14. The highest BCUT2D eigenvalue weighted by Gasteiger charge is 2.18. The first kappa shape index (κ1) is 21.1. The lowest BCUT2D eigenvalue weighted by Crippen LogP contribution is -2.34. The van der Waals surface area contributed by atoms with Gasteiger partial charge in [0, 0.05) is 23.6 Å². The average molecular weight is 441 g/mol. The Morgan fingerprint density at radius 2 is 2.00 bits per heavy atom. The third-order valence-corrected chi connectivity index (χ3v) is 5.22. The van der Waals surface area contributed by atoms with Gasteiger partial charge < -0.3 is 19.2 Å². The van der Waals surface area contributed by atoms with Gasteiger partial charge in [-0.15, -0.1) is 0 Å². The van der Waals surface area contributed by atoms with E-state index < -0.39 is 5.97 Å². The van der Waals surface area contributed by atoms with Crippen LogP contribution in [-0.4, -0.2) is 38.2 Å². The minimum absolute atomic E-state index is 0.0158. The predicted octanol–water partition coefficient (Wildman–Crippen LogP) is 4.01. The first-order chi connectivity index (χ1) is 15.0. The molecule has 0 bridgehead atoms. The quantitative estimate of drug-likeness (QED) is 0.605. The summed E-state index contributed by atoms with van der Waals surface area (Å²) in [5.41, 5.74) is 1.92. The van der Waals surface area contributed by atoms with Crippen LogP contribution in [0, 0.1) is 0 Å². The molecule has 0 radical (unpaired) electrons. The number of halogens is 1. The van der Waals surface area contributed by atoms with Gasteiger partial charge in [0.15, 0.2) is 0 Å². The molecule has 0 saturated carbocycles. The van der Waals surface area contributed by atoms with Crippen LogP contribution in [-0.2, 0) is 9.47 Å². The SMILES string of the molecule is COC(=O)c1ccc(N=c2oc3ccc(Cl)cc3cc2C(=O)NCC2CCCO2)cc1. The summed E-state index contributed by atoms with van der Waals surface area (Å²) in [6.45, 7) is 1.13. The molecule has 160 valence electrons. The van der Waals surface area contributed by atoms with Crippen LogP contribution in [0.3, 0.4) is 0 Å². The molecule has 1 unspecified atom stereocenters. The van der Waals surface area contributed by atoms with E-state index in [4.69, 9.17) is 25.5 Å². The van der Waals surface area contributed by atoms with Crippen molar-refractivity contribution in [1.82, 2.24) is 5.32 Å². The Labute approximate surface area is 183 Å². The maximum absolute atomic E-state index is 12.9. The number of benzene rings is 2. The zero-order valence-electron chi connectivity index (χ0n) is 16.9. The van der Waals surface area contributed by atoms with Crippen molar-refractivity contribution in [3.8, 4) is 0 Å². The molecule has 1 amide bonds. The fourth-order valence-corrected chi connectivity index (χ4v) is 3.54. The van der Waals surface area contributed by atoms with E-state index in [1.165, 1.54) is 7.11 Å². The van der Waals surface area contributed by atoms with Crippen molar-refractivity contribution in [1.29, 1.82) is 0 Å². The van der Waals surface area contributed by atoms with Gasteiger partial charge in [-0.25, -0.2) is 9.79 Å². The van der Waals surface area contributed by atoms with Crippen molar-refractivity contribution < 1.29 is 23.5 Å². The number of nitrogens with zero attached hydrogens (tertiary/aromatic N) is 1. The van der Waals surface area contributed by atoms with Crippen LogP contribution in [0.1, 0.15) is 33.6 Å². The first-order valence-corrected chi connectivity index (χ1v) is 10.3. The fourth-order valence-electron chi connectivity index (χ4n) is 3.36. The number of hydrogen-bond acceptors (Lipinski definition) is 6. The van der Waals surface area contributed by atoms with Crippen molar-refractivity contribution in [3.05, 3.63) is 70.2 Å². The molecule has 0 aliphatic carbocycles. The molecular weight excluding hydrogens is 420 g/mol. The number of methoxy groups -OCH3 is 1. The maximum Gasteiger partial charge on any atom is 0.337 e. The van der Waals surface area contributed by atoms with Gasteiger partial charge in [-0.1, -0.05) is 11.6 Å². The molecule has 8 heteroatoms. The normalized spacial score (nSPS) is 16.5. The van der Waals surface area contributed by atoms with Crippen LogP contribution < -0.4 is 10.9 Å². The minimum Gasteiger partial charge on any atom is -0.465 e. The van der Waals surface area contributed by atoms with Crippen molar-refractivity contribution >= 4 is 40.1 Å². The number of hydrogen-bond donors (Lipinski definition) is 1. The van der Waals surface area contributed by atoms with E-state index in [9.17, 15) is 9.59 Å². The van der Waals surface area contributed by atoms with Crippen LogP contribution >= 0.6 is 11.6 Å². The van der Waals surface area contributed by atoms with E-state index in [2.05, 4.69) is 10.3 Å². The standard InChI is InChI=1S/C23H21ClN2O5/c1-29-23(28)14-4-7-17(8-5-14)26-22-19(21(27)25-13-18-3-2-10-30-18)12-15-11-16(24)6-9-20(15)31-22/h4-9,11-12,18H,2-3,10,13H2,1H3,(H,25,27). The van der Waals surface area contributed by atoms with Gasteiger partial charge in [0.1, 0.15) is 11.1 Å². The van der Waals surface area contributed by atoms with Gasteiger partial charge >= 0.3 is 5.97 Å². The minimum atomic E-state index is -0.437. The molecule has 0 spiro atoms. The molecular formula is C23H21ClN2O5. The van der Waals surface area contributed by atoms with Crippen LogP contribution in [0.15, 0.2) is 57.9 Å². The van der Waals surface area contributed by atoms with Gasteiger partial charge in [0.2, 0.25) is 5.55 Å². The number of rotatable bonds is 5. The van der Waals surface area contributed by atoms with E-state index in [0.717, 1.165) is 12.8 Å². The highest BCUT2D eigenvalue weighted by molar-refractivity contribution is 6.31. The maximum atomic E-state index is 12.9. The van der Waals surface area contributed by atoms with Gasteiger partial charge in [-0.2, -0.15) is 0 Å². The molecule has 1 fully saturated rings. The molecule has 1 saturated heterocycles. The van der Waals surface area contributed by atoms with Crippen molar-refractivity contribution in [2.24, 2.45) is 4.99 Å². The van der Waals surface area contributed by atoms with Gasteiger partial charge in [0.25, 0.3) is 5.91 Å². The van der Waals surface area contributed by atoms with Crippen molar-refractivity contribution in [3.63, 3.8) is 0 Å². The molecule has 2 aromatic carbocycles. The second kappa shape index (κ2) is 9.32. The second-order valence-corrected chi connectivity index (χ2v) is 7.58. The summed E-state index contributed by atoms with van der Waals surface area (Å²) < 4.78 is 16.2. The van der Waals surface area contributed by atoms with Gasteiger partial charge in [-0.3, -0.25) is 4.79 Å². The lowest BCUT2D eigenvalue weighted by Gasteiger charge is -2.11. The summed E-state index contributed by atoms with van der Waals surface area (Å²) in [6.07, 6.45) is 1.93. The molecule has 1 aromatic heterocycles. The summed E-state index contributed by atoms with van der Waals surface area (Å²) in [4.78, 5) is 29.1. The number of nitrogens with one attached hydrogen (secondary N) is 1. The highest BCUT2D eigenvalue weighted by atomic mass is 35.5. The Hall–Kier alpha value is -3.16. The Morgan fingerprint density at radius 3 is 2.71 bits per heavy atom. The Morgan fingerprint density at radius 1 is 1.19 bits per heavy atom. The van der Waals surface area contributed by atoms with Crippen LogP contribution in [0.25, 0.3) is 11.0 Å². The molecule has 31 heavy (non-hydrogen) atoms. The number of carbonyl (C=O) groups is 2. The molecule has 1 aliphatic heterocycles. The molecule has 1 N–H and O–H groups in total. The van der Waals surface area contributed by atoms with Crippen LogP contribution in [0.5, 0.6) is 0 Å². The summed E-state index contributed by atoms with van der Waals surface area (Å²) >= 11 is 6.10. The Kier molecular flexibility index (Phi) is 6.34. The van der Waals surface area contributed by atoms with Crippen LogP contribution in [0.4, 0.5) is 5.69 Å². The summed E-state index contributed by atoms with van der Waals surface area (Å²) in [6, 6.07) is 13.4. The smallest absolute Gasteiger partial charge is 0.337 e. The fraction of sp³-hybridized carbons (Fsp3) is 0.261. The third kappa shape index (κ3) is 4.95. The molecule has 3 aromatic rings. The van der Waals surface area contributed by atoms with E-state index >= 15 is 0 Å². The summed E-state index contributed by atoms with van der Waals surface area (Å²) in [5.74, 6) is -0.751. The van der Waals surface area contributed by atoms with E-state index in [-0.39, 0.29) is 23.1 Å².